The van der Waals surface area contributed by atoms with E-state index in [-0.39, 0.29) is 5.03 Å². The summed E-state index contributed by atoms with van der Waals surface area (Å²) in [5, 5.41) is 3.04. The minimum Gasteiger partial charge on any atom is -0.383 e. The highest BCUT2D eigenvalue weighted by molar-refractivity contribution is 7.89. The van der Waals surface area contributed by atoms with Crippen LogP contribution in [0.4, 0.5) is 5.69 Å². The van der Waals surface area contributed by atoms with Crippen LogP contribution in [0.25, 0.3) is 0 Å². The average Bonchev–Trinajstić information content (AvgIpc) is 2.36. The Morgan fingerprint density at radius 3 is 2.83 bits per heavy atom. The van der Waals surface area contributed by atoms with E-state index < -0.39 is 10.0 Å². The molecule has 0 aliphatic carbocycles. The molecule has 0 bridgehead atoms. The number of nitrogens with one attached hydrogen (secondary N) is 1. The summed E-state index contributed by atoms with van der Waals surface area (Å²) < 4.78 is 30.7. The van der Waals surface area contributed by atoms with Crippen molar-refractivity contribution in [2.24, 2.45) is 0 Å². The number of hydrogen-bond donors (Lipinski definition) is 1. The van der Waals surface area contributed by atoms with Crippen molar-refractivity contribution < 1.29 is 13.2 Å². The van der Waals surface area contributed by atoms with Crippen molar-refractivity contribution in [1.82, 2.24) is 9.29 Å². The van der Waals surface area contributed by atoms with E-state index >= 15 is 0 Å². The summed E-state index contributed by atoms with van der Waals surface area (Å²) in [4.78, 5) is 3.97. The third-order valence-electron chi connectivity index (χ3n) is 2.40. The van der Waals surface area contributed by atoms with E-state index in [1.54, 1.807) is 12.1 Å². The Labute approximate surface area is 108 Å². The number of pyridine rings is 1. The minimum atomic E-state index is -3.58. The Hall–Kier alpha value is -1.18. The maximum Gasteiger partial charge on any atom is 0.262 e. The van der Waals surface area contributed by atoms with Gasteiger partial charge in [0.1, 0.15) is 0 Å². The molecular weight excluding hydrogens is 254 g/mol. The first kappa shape index (κ1) is 14.9. The zero-order valence-corrected chi connectivity index (χ0v) is 11.7. The largest absolute Gasteiger partial charge is 0.383 e. The molecule has 18 heavy (non-hydrogen) atoms. The maximum absolute atomic E-state index is 12.3. The number of ether oxygens (including phenoxy) is 1. The molecule has 102 valence electrons. The predicted molar refractivity (Wildman–Crippen MR) is 70.1 cm³/mol. The topological polar surface area (TPSA) is 71.5 Å². The van der Waals surface area contributed by atoms with Crippen molar-refractivity contribution >= 4 is 15.7 Å². The Morgan fingerprint density at radius 2 is 2.22 bits per heavy atom. The molecule has 0 aliphatic rings. The molecule has 0 fully saturated rings. The first-order valence-electron chi connectivity index (χ1n) is 5.68. The fourth-order valence-corrected chi connectivity index (χ4v) is 2.63. The van der Waals surface area contributed by atoms with Gasteiger partial charge < -0.3 is 10.1 Å². The van der Waals surface area contributed by atoms with Crippen LogP contribution in [0.5, 0.6) is 0 Å². The van der Waals surface area contributed by atoms with Crippen LogP contribution >= 0.6 is 0 Å². The van der Waals surface area contributed by atoms with Crippen molar-refractivity contribution in [3.8, 4) is 0 Å². The molecule has 0 aromatic carbocycles. The first-order chi connectivity index (χ1) is 8.54. The fourth-order valence-electron chi connectivity index (χ4n) is 1.41. The van der Waals surface area contributed by atoms with Gasteiger partial charge >= 0.3 is 0 Å². The number of likely N-dealkylation sites (N-methyl/N-ethyl adjacent to an activating group) is 1. The van der Waals surface area contributed by atoms with E-state index in [1.807, 2.05) is 6.92 Å². The average molecular weight is 273 g/mol. The molecule has 7 heteroatoms. The van der Waals surface area contributed by atoms with Crippen LogP contribution in [0, 0.1) is 0 Å². The lowest BCUT2D eigenvalue weighted by Gasteiger charge is -2.18. The summed E-state index contributed by atoms with van der Waals surface area (Å²) in [6, 6.07) is 3.40. The molecule has 1 heterocycles. The maximum atomic E-state index is 12.3. The molecule has 6 nitrogen and oxygen atoms in total. The third-order valence-corrected chi connectivity index (χ3v) is 4.22. The van der Waals surface area contributed by atoms with E-state index in [1.165, 1.54) is 24.7 Å². The molecule has 0 atom stereocenters. The van der Waals surface area contributed by atoms with Crippen LogP contribution in [-0.2, 0) is 14.8 Å². The van der Waals surface area contributed by atoms with Gasteiger partial charge in [0.25, 0.3) is 10.0 Å². The van der Waals surface area contributed by atoms with Gasteiger partial charge in [0, 0.05) is 33.4 Å². The van der Waals surface area contributed by atoms with E-state index in [4.69, 9.17) is 4.74 Å². The number of aromatic nitrogens is 1. The van der Waals surface area contributed by atoms with E-state index in [2.05, 4.69) is 10.3 Å². The van der Waals surface area contributed by atoms with E-state index in [9.17, 15) is 8.42 Å². The summed E-state index contributed by atoms with van der Waals surface area (Å²) >= 11 is 0. The standard InChI is InChI=1S/C11H19N3O3S/c1-4-12-10-6-5-7-13-11(10)18(15,16)14(2)8-9-17-3/h5-7,12H,4,8-9H2,1-3H3. The van der Waals surface area contributed by atoms with Crippen LogP contribution in [0.15, 0.2) is 23.4 Å². The molecule has 0 saturated heterocycles. The lowest BCUT2D eigenvalue weighted by molar-refractivity contribution is 0.185. The lowest BCUT2D eigenvalue weighted by Crippen LogP contribution is -2.31. The van der Waals surface area contributed by atoms with Crippen LogP contribution < -0.4 is 5.32 Å². The van der Waals surface area contributed by atoms with Gasteiger partial charge in [0.05, 0.1) is 12.3 Å². The summed E-state index contributed by atoms with van der Waals surface area (Å²) in [7, 11) is -0.539. The molecule has 1 N–H and O–H groups in total. The summed E-state index contributed by atoms with van der Waals surface area (Å²) in [5.41, 5.74) is 0.518. The van der Waals surface area contributed by atoms with Gasteiger partial charge in [-0.3, -0.25) is 0 Å². The summed E-state index contributed by atoms with van der Waals surface area (Å²) in [6.45, 7) is 3.17. The highest BCUT2D eigenvalue weighted by Gasteiger charge is 2.24. The van der Waals surface area contributed by atoms with Crippen LogP contribution in [-0.4, -0.2) is 51.6 Å². The molecule has 0 amide bonds. The molecule has 0 unspecified atom stereocenters. The van der Waals surface area contributed by atoms with Gasteiger partial charge in [-0.2, -0.15) is 4.31 Å². The van der Waals surface area contributed by atoms with Crippen molar-refractivity contribution in [2.75, 3.05) is 39.2 Å². The Morgan fingerprint density at radius 1 is 1.50 bits per heavy atom. The predicted octanol–water partition coefficient (Wildman–Crippen LogP) is 0.780. The second-order valence-electron chi connectivity index (χ2n) is 3.71. The van der Waals surface area contributed by atoms with Crippen LogP contribution in [0.2, 0.25) is 0 Å². The zero-order chi connectivity index (χ0) is 13.6. The van der Waals surface area contributed by atoms with Gasteiger partial charge in [-0.15, -0.1) is 0 Å². The van der Waals surface area contributed by atoms with E-state index in [0.717, 1.165) is 0 Å². The Kier molecular flexibility index (Phi) is 5.52. The first-order valence-corrected chi connectivity index (χ1v) is 7.12. The normalized spacial score (nSPS) is 11.8. The van der Waals surface area contributed by atoms with Gasteiger partial charge in [0.2, 0.25) is 0 Å². The summed E-state index contributed by atoms with van der Waals surface area (Å²) in [5.74, 6) is 0. The molecule has 0 aliphatic heterocycles. The highest BCUT2D eigenvalue weighted by Crippen LogP contribution is 2.20. The molecule has 0 radical (unpaired) electrons. The molecular formula is C11H19N3O3S. The number of methoxy groups -OCH3 is 1. The number of nitrogens with zero attached hydrogens (tertiary/aromatic N) is 2. The van der Waals surface area contributed by atoms with E-state index in [0.29, 0.717) is 25.4 Å². The van der Waals surface area contributed by atoms with Crippen molar-refractivity contribution in [2.45, 2.75) is 11.9 Å². The van der Waals surface area contributed by atoms with Crippen molar-refractivity contribution in [3.63, 3.8) is 0 Å². The second kappa shape index (κ2) is 6.67. The Bertz CT molecular complexity index is 476. The second-order valence-corrected chi connectivity index (χ2v) is 5.67. The van der Waals surface area contributed by atoms with Gasteiger partial charge in [-0.05, 0) is 19.1 Å². The van der Waals surface area contributed by atoms with Crippen LogP contribution in [0.3, 0.4) is 0 Å². The smallest absolute Gasteiger partial charge is 0.262 e. The molecule has 1 rings (SSSR count). The Balaban J connectivity index is 3.04. The quantitative estimate of drug-likeness (QED) is 0.795. The SMILES string of the molecule is CCNc1cccnc1S(=O)(=O)N(C)CCOC. The number of anilines is 1. The minimum absolute atomic E-state index is 0.0467. The molecule has 1 aromatic rings. The van der Waals surface area contributed by atoms with Crippen molar-refractivity contribution in [3.05, 3.63) is 18.3 Å². The number of sulfonamides is 1. The molecule has 1 aromatic heterocycles. The van der Waals surface area contributed by atoms with Crippen molar-refractivity contribution in [1.29, 1.82) is 0 Å². The molecule has 0 spiro atoms. The van der Waals surface area contributed by atoms with Gasteiger partial charge in [0.15, 0.2) is 5.03 Å². The zero-order valence-electron chi connectivity index (χ0n) is 10.9. The number of rotatable bonds is 7. The van der Waals surface area contributed by atoms with Gasteiger partial charge in [-0.1, -0.05) is 0 Å². The molecule has 0 saturated carbocycles. The monoisotopic (exact) mass is 273 g/mol. The van der Waals surface area contributed by atoms with Gasteiger partial charge in [-0.25, -0.2) is 13.4 Å². The summed E-state index contributed by atoms with van der Waals surface area (Å²) in [6.07, 6.45) is 1.47. The fraction of sp³-hybridized carbons (Fsp3) is 0.545. The lowest BCUT2D eigenvalue weighted by atomic mass is 10.4. The number of hydrogen-bond acceptors (Lipinski definition) is 5. The highest BCUT2D eigenvalue weighted by atomic mass is 32.2. The van der Waals surface area contributed by atoms with Crippen LogP contribution in [0.1, 0.15) is 6.92 Å². The third kappa shape index (κ3) is 3.41.